The minimum Gasteiger partial charge on any atom is -0.465 e. The van der Waals surface area contributed by atoms with Gasteiger partial charge in [-0.05, 0) is 155 Å². The van der Waals surface area contributed by atoms with Gasteiger partial charge >= 0.3 is 5.97 Å². The van der Waals surface area contributed by atoms with Crippen LogP contribution in [0.5, 0.6) is 0 Å². The topological polar surface area (TPSA) is 229 Å². The van der Waals surface area contributed by atoms with Crippen molar-refractivity contribution in [1.29, 1.82) is 0 Å². The van der Waals surface area contributed by atoms with Crippen LogP contribution in [0.3, 0.4) is 0 Å². The van der Waals surface area contributed by atoms with Crippen LogP contribution in [0.1, 0.15) is 124 Å². The number of fused-ring (bicyclic) bond motifs is 10. The van der Waals surface area contributed by atoms with Gasteiger partial charge in [-0.3, -0.25) is 14.6 Å². The van der Waals surface area contributed by atoms with Crippen LogP contribution in [-0.4, -0.2) is 97.6 Å². The summed E-state index contributed by atoms with van der Waals surface area (Å²) in [6.07, 6.45) is 9.21. The lowest BCUT2D eigenvalue weighted by Crippen LogP contribution is -2.64. The van der Waals surface area contributed by atoms with Gasteiger partial charge in [0, 0.05) is 48.2 Å². The number of allylic oxidation sites excluding steroid dienone is 3. The number of cyclic esters (lactones) is 1. The van der Waals surface area contributed by atoms with Crippen LogP contribution in [0, 0.1) is 93.7 Å². The fourth-order valence-electron chi connectivity index (χ4n) is 15.7. The maximum absolute atomic E-state index is 14.3. The molecule has 0 amide bonds. The van der Waals surface area contributed by atoms with Crippen molar-refractivity contribution in [2.45, 2.75) is 154 Å². The lowest BCUT2D eigenvalue weighted by atomic mass is 9.44. The lowest BCUT2D eigenvalue weighted by Gasteiger charge is -2.61. The van der Waals surface area contributed by atoms with E-state index in [-0.39, 0.29) is 92.1 Å². The minimum absolute atomic E-state index is 0.0215. The van der Waals surface area contributed by atoms with Gasteiger partial charge in [0.05, 0.1) is 42.5 Å². The van der Waals surface area contributed by atoms with Gasteiger partial charge in [-0.1, -0.05) is 44.3 Å². The average molecular weight is 862 g/mol. The van der Waals surface area contributed by atoms with Crippen molar-refractivity contribution in [2.75, 3.05) is 19.8 Å². The zero-order valence-electron chi connectivity index (χ0n) is 37.6. The molecule has 5 fully saturated rings. The third-order valence-corrected chi connectivity index (χ3v) is 18.8. The Morgan fingerprint density at radius 1 is 0.952 bits per heavy atom. The number of aliphatic hydroxyl groups is 6. The van der Waals surface area contributed by atoms with Crippen LogP contribution >= 0.6 is 0 Å². The lowest BCUT2D eigenvalue weighted by molar-refractivity contribution is -0.190. The zero-order chi connectivity index (χ0) is 44.5. The molecule has 0 spiro atoms. The summed E-state index contributed by atoms with van der Waals surface area (Å²) < 4.78 is 5.61. The minimum atomic E-state index is -1.74. The third-order valence-electron chi connectivity index (χ3n) is 18.8. The fraction of sp³-hybridized carbons (Fsp3) is 0.820. The maximum atomic E-state index is 14.3. The predicted molar refractivity (Wildman–Crippen MR) is 234 cm³/mol. The van der Waals surface area contributed by atoms with Crippen molar-refractivity contribution in [3.8, 4) is 11.8 Å². The van der Waals surface area contributed by atoms with E-state index in [0.717, 1.165) is 25.7 Å². The molecule has 7 aliphatic carbocycles. The Hall–Kier alpha value is -2.79. The highest BCUT2D eigenvalue weighted by Crippen LogP contribution is 2.72. The number of nitrogens with zero attached hydrogens (tertiary/aromatic N) is 1. The first-order chi connectivity index (χ1) is 29.3. The Balaban J connectivity index is 1.30. The van der Waals surface area contributed by atoms with Crippen molar-refractivity contribution >= 4 is 17.7 Å². The molecule has 344 valence electrons. The second kappa shape index (κ2) is 17.2. The molecule has 0 bridgehead atoms. The van der Waals surface area contributed by atoms with E-state index < -0.39 is 64.0 Å². The van der Waals surface area contributed by atoms with E-state index in [1.165, 1.54) is 12.0 Å². The monoisotopic (exact) mass is 862 g/mol. The van der Waals surface area contributed by atoms with Crippen molar-refractivity contribution in [1.82, 2.24) is 0 Å². The van der Waals surface area contributed by atoms with E-state index in [1.54, 1.807) is 13.0 Å². The number of ketones is 1. The SMILES string of the molecule is C[C@@H]1CCC2=CC[C@@H]3[C@@H](C[C@@H]([C@H]4COC(=O)C4)C#C[C@H](CCCO)[C@@H]4C[C@@]5(O)C6=CC(=O)[C@@H]7C[C@@H](O)[C@@H](O)C[C@]7(C)[C@H]6CC[C@]5(CCN=C(N)N)[C@H]4[C@@](C)(O)[C@H](O)C[C@H]3C)[C@@H]2C1. The molecule has 8 aliphatic rings. The Morgan fingerprint density at radius 2 is 1.73 bits per heavy atom. The van der Waals surface area contributed by atoms with Crippen LogP contribution in [-0.2, 0) is 14.3 Å². The number of esters is 1. The molecule has 10 N–H and O–H groups in total. The molecular formula is C50H75N3O9. The van der Waals surface area contributed by atoms with Gasteiger partial charge in [0.2, 0.25) is 0 Å². The summed E-state index contributed by atoms with van der Waals surface area (Å²) in [7, 11) is 0. The Bertz CT molecular complexity index is 1880. The number of aliphatic imine (C=N–C) groups is 1. The van der Waals surface area contributed by atoms with Crippen molar-refractivity contribution in [3.63, 3.8) is 0 Å². The van der Waals surface area contributed by atoms with Crippen LogP contribution in [0.25, 0.3) is 0 Å². The van der Waals surface area contributed by atoms with Gasteiger partial charge in [0.1, 0.15) is 0 Å². The van der Waals surface area contributed by atoms with Gasteiger partial charge in [-0.25, -0.2) is 0 Å². The summed E-state index contributed by atoms with van der Waals surface area (Å²) in [5, 5.41) is 72.2. The van der Waals surface area contributed by atoms with Crippen LogP contribution in [0.4, 0.5) is 0 Å². The quantitative estimate of drug-likeness (QED) is 0.0596. The van der Waals surface area contributed by atoms with E-state index in [0.29, 0.717) is 62.5 Å². The Morgan fingerprint density at radius 3 is 2.44 bits per heavy atom. The number of hydrogen-bond acceptors (Lipinski definition) is 10. The molecule has 12 heteroatoms. The largest absolute Gasteiger partial charge is 0.465 e. The van der Waals surface area contributed by atoms with Crippen molar-refractivity contribution < 1.29 is 45.0 Å². The molecule has 19 atom stereocenters. The number of rotatable bonds is 7. The number of aliphatic hydroxyl groups excluding tert-OH is 4. The van der Waals surface area contributed by atoms with E-state index in [9.17, 15) is 40.2 Å². The van der Waals surface area contributed by atoms with Crippen molar-refractivity contribution in [2.24, 2.45) is 98.3 Å². The molecule has 4 saturated carbocycles. The van der Waals surface area contributed by atoms with Crippen LogP contribution in [0.2, 0.25) is 0 Å². The van der Waals surface area contributed by atoms with Gasteiger partial charge in [0.25, 0.3) is 0 Å². The van der Waals surface area contributed by atoms with Gasteiger partial charge in [0.15, 0.2) is 11.7 Å². The van der Waals surface area contributed by atoms with E-state index in [1.807, 2.05) is 6.92 Å². The molecule has 0 aromatic heterocycles. The predicted octanol–water partition coefficient (Wildman–Crippen LogP) is 4.17. The molecule has 62 heavy (non-hydrogen) atoms. The maximum Gasteiger partial charge on any atom is 0.306 e. The molecule has 1 heterocycles. The fourth-order valence-corrected chi connectivity index (χ4v) is 15.7. The van der Waals surface area contributed by atoms with E-state index >= 15 is 0 Å². The average Bonchev–Trinajstić information content (AvgIpc) is 3.76. The number of ether oxygens (including phenoxy) is 1. The molecule has 0 unspecified atom stereocenters. The first kappa shape index (κ1) is 45.8. The molecular weight excluding hydrogens is 787 g/mol. The first-order valence-electron chi connectivity index (χ1n) is 24.1. The summed E-state index contributed by atoms with van der Waals surface area (Å²) >= 11 is 0. The number of guanidine groups is 1. The smallest absolute Gasteiger partial charge is 0.306 e. The van der Waals surface area contributed by atoms with Gasteiger partial charge < -0.3 is 46.8 Å². The number of nitrogens with two attached hydrogens (primary N) is 2. The van der Waals surface area contributed by atoms with Crippen molar-refractivity contribution in [3.05, 3.63) is 23.3 Å². The Labute approximate surface area is 368 Å². The second-order valence-electron chi connectivity index (χ2n) is 22.2. The summed E-state index contributed by atoms with van der Waals surface area (Å²) in [5.74, 6) is 5.85. The van der Waals surface area contributed by atoms with Crippen LogP contribution in [0.15, 0.2) is 28.3 Å². The standard InChI is InChI=1S/C50H75N3O9/c1-27-7-8-30-11-12-33-28(2)19-43(58)48(4,60)45-36(29(6-5-17-54)9-10-31(20-35(33)34(30)18-27)32-21-44(59)62-26-32)24-50(61)38-22-40(55)39-23-41(56)42(57)25-47(39,3)37(38)13-14-49(45,50)15-16-53-46(51)52/h11,22,27-29,31-37,39,41-43,45,54,56-58,60-61H,5-8,12-21,23-26H2,1-4H3,(H4,51,52,53)/t27-,28-,29+,31+,32-,33+,34-,35-,36+,37+,39+,41-,42+,43-,45-,47-,48+,49+,50-/m1/s1. The number of hydrogen-bond donors (Lipinski definition) is 8. The first-order valence-corrected chi connectivity index (χ1v) is 24.1. The third kappa shape index (κ3) is 7.70. The molecule has 12 nitrogen and oxygen atoms in total. The molecule has 0 aromatic rings. The van der Waals surface area contributed by atoms with E-state index in [4.69, 9.17) is 16.2 Å². The number of carbonyl (C=O) groups excluding carboxylic acids is 2. The normalized spacial score (nSPS) is 48.9. The van der Waals surface area contributed by atoms with E-state index in [2.05, 4.69) is 36.8 Å². The van der Waals surface area contributed by atoms with Gasteiger partial charge in [-0.15, -0.1) is 0 Å². The molecule has 8 rings (SSSR count). The summed E-state index contributed by atoms with van der Waals surface area (Å²) in [6, 6.07) is 0. The highest BCUT2D eigenvalue weighted by Gasteiger charge is 2.73. The second-order valence-corrected chi connectivity index (χ2v) is 22.2. The number of carbonyl (C=O) groups is 2. The summed E-state index contributed by atoms with van der Waals surface area (Å²) in [6.45, 7) is 8.69. The summed E-state index contributed by atoms with van der Waals surface area (Å²) in [4.78, 5) is 31.5. The molecule has 1 aliphatic heterocycles. The molecule has 0 radical (unpaired) electrons. The van der Waals surface area contributed by atoms with Gasteiger partial charge in [-0.2, -0.15) is 0 Å². The van der Waals surface area contributed by atoms with Crippen LogP contribution < -0.4 is 11.5 Å². The Kier molecular flexibility index (Phi) is 12.7. The molecule has 0 aromatic carbocycles. The highest BCUT2D eigenvalue weighted by molar-refractivity contribution is 5.95. The highest BCUT2D eigenvalue weighted by atomic mass is 16.5. The molecule has 1 saturated heterocycles. The zero-order valence-corrected chi connectivity index (χ0v) is 37.6. The summed E-state index contributed by atoms with van der Waals surface area (Å²) in [5.41, 5.74) is 8.72.